The summed E-state index contributed by atoms with van der Waals surface area (Å²) >= 11 is 3.93. The van der Waals surface area contributed by atoms with Gasteiger partial charge in [0.05, 0.1) is 6.61 Å². The summed E-state index contributed by atoms with van der Waals surface area (Å²) in [5.74, 6) is -1.54. The van der Waals surface area contributed by atoms with E-state index in [1.54, 1.807) is 6.92 Å². The highest BCUT2D eigenvalue weighted by Gasteiger charge is 2.30. The van der Waals surface area contributed by atoms with Crippen LogP contribution in [-0.4, -0.2) is 41.1 Å². The van der Waals surface area contributed by atoms with Crippen LogP contribution in [0.25, 0.3) is 0 Å². The van der Waals surface area contributed by atoms with E-state index in [9.17, 15) is 14.4 Å². The quantitative estimate of drug-likeness (QED) is 0.558. The Bertz CT molecular complexity index is 253. The number of nitrogens with zero attached hydrogens (tertiary/aromatic N) is 1. The number of thiol groups is 1. The molecule has 0 radical (unpaired) electrons. The third-order valence-electron chi connectivity index (χ3n) is 1.72. The van der Waals surface area contributed by atoms with Gasteiger partial charge in [0.25, 0.3) is 0 Å². The molecule has 0 aliphatic carbocycles. The van der Waals surface area contributed by atoms with Gasteiger partial charge < -0.3 is 4.74 Å². The lowest BCUT2D eigenvalue weighted by Crippen LogP contribution is -2.48. The molecule has 0 aliphatic rings. The van der Waals surface area contributed by atoms with Gasteiger partial charge in [-0.15, -0.1) is 0 Å². The number of esters is 1. The van der Waals surface area contributed by atoms with Gasteiger partial charge in [-0.25, -0.2) is 4.79 Å². The van der Waals surface area contributed by atoms with Crippen LogP contribution >= 0.6 is 12.6 Å². The molecule has 0 aromatic carbocycles. The fourth-order valence-corrected chi connectivity index (χ4v) is 1.47. The van der Waals surface area contributed by atoms with Gasteiger partial charge in [0, 0.05) is 19.6 Å². The molecule has 0 saturated heterocycles. The third kappa shape index (κ3) is 3.91. The Labute approximate surface area is 94.2 Å². The highest BCUT2D eigenvalue weighted by atomic mass is 32.1. The topological polar surface area (TPSA) is 63.7 Å². The molecule has 0 heterocycles. The standard InChI is InChI=1S/C9H15NO4S/c1-4-14-9(13)8(5-15)10(6(2)11)7(3)12/h8,15H,4-5H2,1-3H3. The van der Waals surface area contributed by atoms with Crippen molar-refractivity contribution in [2.45, 2.75) is 26.8 Å². The maximum atomic E-state index is 11.4. The summed E-state index contributed by atoms with van der Waals surface area (Å²) in [6, 6.07) is -0.941. The Morgan fingerprint density at radius 2 is 1.73 bits per heavy atom. The van der Waals surface area contributed by atoms with E-state index < -0.39 is 23.8 Å². The molecule has 15 heavy (non-hydrogen) atoms. The van der Waals surface area contributed by atoms with Crippen LogP contribution < -0.4 is 0 Å². The van der Waals surface area contributed by atoms with Gasteiger partial charge in [0.15, 0.2) is 0 Å². The van der Waals surface area contributed by atoms with Crippen LogP contribution in [0.5, 0.6) is 0 Å². The van der Waals surface area contributed by atoms with E-state index in [2.05, 4.69) is 12.6 Å². The minimum atomic E-state index is -0.941. The number of hydrogen-bond acceptors (Lipinski definition) is 5. The number of carbonyl (C=O) groups is 3. The molecule has 0 saturated carbocycles. The highest BCUT2D eigenvalue weighted by molar-refractivity contribution is 7.80. The average molecular weight is 233 g/mol. The first-order chi connectivity index (χ1) is 6.95. The van der Waals surface area contributed by atoms with Crippen LogP contribution in [0.2, 0.25) is 0 Å². The van der Waals surface area contributed by atoms with Crippen molar-refractivity contribution in [3.63, 3.8) is 0 Å². The first-order valence-electron chi connectivity index (χ1n) is 4.53. The Morgan fingerprint density at radius 3 is 2.00 bits per heavy atom. The fraction of sp³-hybridized carbons (Fsp3) is 0.667. The zero-order valence-electron chi connectivity index (χ0n) is 9.02. The van der Waals surface area contributed by atoms with Crippen LogP contribution in [0.1, 0.15) is 20.8 Å². The summed E-state index contributed by atoms with van der Waals surface area (Å²) in [5, 5.41) is 0. The van der Waals surface area contributed by atoms with E-state index in [1.807, 2.05) is 0 Å². The Hall–Kier alpha value is -1.04. The second-order valence-electron chi connectivity index (χ2n) is 2.86. The monoisotopic (exact) mass is 233 g/mol. The molecular weight excluding hydrogens is 218 g/mol. The Morgan fingerprint density at radius 1 is 1.27 bits per heavy atom. The second kappa shape index (κ2) is 6.44. The van der Waals surface area contributed by atoms with Crippen molar-refractivity contribution in [1.82, 2.24) is 4.90 Å². The van der Waals surface area contributed by atoms with E-state index in [-0.39, 0.29) is 12.4 Å². The molecule has 0 aliphatic heterocycles. The lowest BCUT2D eigenvalue weighted by atomic mass is 10.2. The van der Waals surface area contributed by atoms with Gasteiger partial charge in [0.2, 0.25) is 11.8 Å². The van der Waals surface area contributed by atoms with Gasteiger partial charge in [-0.2, -0.15) is 12.6 Å². The van der Waals surface area contributed by atoms with Gasteiger partial charge in [-0.05, 0) is 6.92 Å². The molecule has 0 fully saturated rings. The molecule has 0 aromatic rings. The van der Waals surface area contributed by atoms with Crippen molar-refractivity contribution in [3.8, 4) is 0 Å². The fourth-order valence-electron chi connectivity index (χ4n) is 1.16. The zero-order chi connectivity index (χ0) is 12.0. The van der Waals surface area contributed by atoms with Crippen LogP contribution in [0, 0.1) is 0 Å². The average Bonchev–Trinajstić information content (AvgIpc) is 2.12. The number of rotatable bonds is 4. The number of ether oxygens (including phenoxy) is 1. The number of amides is 2. The van der Waals surface area contributed by atoms with Crippen molar-refractivity contribution in [2.24, 2.45) is 0 Å². The number of imide groups is 1. The van der Waals surface area contributed by atoms with Crippen LogP contribution in [-0.2, 0) is 19.1 Å². The van der Waals surface area contributed by atoms with Gasteiger partial charge in [0.1, 0.15) is 6.04 Å². The molecule has 2 amide bonds. The first-order valence-corrected chi connectivity index (χ1v) is 5.16. The van der Waals surface area contributed by atoms with Gasteiger partial charge in [-0.1, -0.05) is 0 Å². The number of hydrogen-bond donors (Lipinski definition) is 1. The summed E-state index contributed by atoms with van der Waals surface area (Å²) < 4.78 is 4.74. The van der Waals surface area contributed by atoms with Crippen LogP contribution in [0.4, 0.5) is 0 Å². The lowest BCUT2D eigenvalue weighted by Gasteiger charge is -2.24. The summed E-state index contributed by atoms with van der Waals surface area (Å²) in [6.45, 7) is 4.29. The molecule has 6 heteroatoms. The van der Waals surface area contributed by atoms with Crippen LogP contribution in [0.15, 0.2) is 0 Å². The molecule has 0 spiro atoms. The molecule has 5 nitrogen and oxygen atoms in total. The summed E-state index contributed by atoms with van der Waals surface area (Å²) in [4.78, 5) is 34.6. The van der Waals surface area contributed by atoms with Crippen molar-refractivity contribution in [2.75, 3.05) is 12.4 Å². The van der Waals surface area contributed by atoms with E-state index in [0.717, 1.165) is 4.90 Å². The molecule has 0 rings (SSSR count). The van der Waals surface area contributed by atoms with Crippen molar-refractivity contribution in [3.05, 3.63) is 0 Å². The second-order valence-corrected chi connectivity index (χ2v) is 3.22. The number of carbonyl (C=O) groups excluding carboxylic acids is 3. The molecule has 1 atom stereocenters. The highest BCUT2D eigenvalue weighted by Crippen LogP contribution is 2.06. The van der Waals surface area contributed by atoms with E-state index in [0.29, 0.717) is 0 Å². The summed E-state index contributed by atoms with van der Waals surface area (Å²) in [5.41, 5.74) is 0. The first kappa shape index (κ1) is 14.0. The largest absolute Gasteiger partial charge is 0.464 e. The molecule has 0 N–H and O–H groups in total. The van der Waals surface area contributed by atoms with Crippen molar-refractivity contribution in [1.29, 1.82) is 0 Å². The normalized spacial score (nSPS) is 11.7. The molecule has 0 bridgehead atoms. The zero-order valence-corrected chi connectivity index (χ0v) is 9.91. The van der Waals surface area contributed by atoms with E-state index in [1.165, 1.54) is 13.8 Å². The van der Waals surface area contributed by atoms with Crippen LogP contribution in [0.3, 0.4) is 0 Å². The molecular formula is C9H15NO4S. The van der Waals surface area contributed by atoms with Crippen molar-refractivity contribution < 1.29 is 19.1 Å². The van der Waals surface area contributed by atoms with Gasteiger partial charge >= 0.3 is 5.97 Å². The Balaban J connectivity index is 4.82. The minimum Gasteiger partial charge on any atom is -0.464 e. The van der Waals surface area contributed by atoms with Crippen molar-refractivity contribution >= 4 is 30.4 Å². The summed E-state index contributed by atoms with van der Waals surface area (Å²) in [6.07, 6.45) is 0. The van der Waals surface area contributed by atoms with Gasteiger partial charge in [-0.3, -0.25) is 14.5 Å². The lowest BCUT2D eigenvalue weighted by molar-refractivity contribution is -0.158. The molecule has 86 valence electrons. The maximum Gasteiger partial charge on any atom is 0.330 e. The summed E-state index contributed by atoms with van der Waals surface area (Å²) in [7, 11) is 0. The molecule has 1 unspecified atom stereocenters. The predicted octanol–water partition coefficient (Wildman–Crippen LogP) is 0.243. The molecule has 0 aromatic heterocycles. The maximum absolute atomic E-state index is 11.4. The Kier molecular flexibility index (Phi) is 6.00. The van der Waals surface area contributed by atoms with E-state index >= 15 is 0 Å². The minimum absolute atomic E-state index is 0.0536. The third-order valence-corrected chi connectivity index (χ3v) is 2.07. The smallest absolute Gasteiger partial charge is 0.330 e. The SMILES string of the molecule is CCOC(=O)C(CS)N(C(C)=O)C(C)=O. The van der Waals surface area contributed by atoms with E-state index in [4.69, 9.17) is 4.74 Å². The predicted molar refractivity (Wildman–Crippen MR) is 57.5 cm³/mol.